The minimum atomic E-state index is -0.460. The number of fused-ring (bicyclic) bond motifs is 1. The summed E-state index contributed by atoms with van der Waals surface area (Å²) in [6, 6.07) is 19.7. The normalized spacial score (nSPS) is 11.7. The maximum absolute atomic E-state index is 11.9. The summed E-state index contributed by atoms with van der Waals surface area (Å²) in [7, 11) is 0. The van der Waals surface area contributed by atoms with E-state index in [1.165, 1.54) is 35.1 Å². The third-order valence-corrected chi connectivity index (χ3v) is 5.16. The van der Waals surface area contributed by atoms with Crippen LogP contribution in [0.1, 0.15) is 16.7 Å². The minimum Gasteiger partial charge on any atom is -0.292 e. The van der Waals surface area contributed by atoms with Gasteiger partial charge in [0.1, 0.15) is 0 Å². The predicted molar refractivity (Wildman–Crippen MR) is 107 cm³/mol. The molecule has 0 radical (unpaired) electrons. The minimum absolute atomic E-state index is 0.0149. The van der Waals surface area contributed by atoms with Crippen molar-refractivity contribution in [3.8, 4) is 5.69 Å². The Morgan fingerprint density at radius 2 is 1.79 bits per heavy atom. The molecule has 0 N–H and O–H groups in total. The van der Waals surface area contributed by atoms with Gasteiger partial charge < -0.3 is 0 Å². The van der Waals surface area contributed by atoms with E-state index in [2.05, 4.69) is 5.10 Å². The summed E-state index contributed by atoms with van der Waals surface area (Å²) in [5.74, 6) is -0.167. The van der Waals surface area contributed by atoms with Gasteiger partial charge in [0.05, 0.1) is 16.3 Å². The Bertz CT molecular complexity index is 1270. The molecule has 0 fully saturated rings. The van der Waals surface area contributed by atoms with E-state index in [1.807, 2.05) is 42.5 Å². The Labute approximate surface area is 163 Å². The molecule has 0 unspecified atom stereocenters. The number of hydrogen-bond donors (Lipinski definition) is 0. The number of hydrogen-bond acceptors (Lipinski definition) is 6. The molecule has 28 heavy (non-hydrogen) atoms. The maximum Gasteiger partial charge on any atom is 0.269 e. The van der Waals surface area contributed by atoms with Crippen molar-refractivity contribution in [3.63, 3.8) is 0 Å². The average molecular weight is 390 g/mol. The molecule has 1 aromatic heterocycles. The molecular formula is C20H14N4O3S. The number of ketones is 1. The first-order chi connectivity index (χ1) is 13.5. The number of nitro benzene ring substituents is 1. The van der Waals surface area contributed by atoms with Crippen molar-refractivity contribution in [1.82, 2.24) is 9.78 Å². The Balaban J connectivity index is 1.92. The van der Waals surface area contributed by atoms with Crippen molar-refractivity contribution in [1.29, 1.82) is 0 Å². The van der Waals surface area contributed by atoms with E-state index in [-0.39, 0.29) is 11.5 Å². The van der Waals surface area contributed by atoms with Gasteiger partial charge in [-0.1, -0.05) is 47.7 Å². The number of carbonyl (C=O) groups is 1. The zero-order valence-corrected chi connectivity index (χ0v) is 15.6. The number of carbonyl (C=O) groups excluding carboxylic acids is 1. The second-order valence-electron chi connectivity index (χ2n) is 6.04. The third kappa shape index (κ3) is 3.33. The summed E-state index contributed by atoms with van der Waals surface area (Å²) in [5, 5.41) is 17.6. The number of nitro groups is 1. The lowest BCUT2D eigenvalue weighted by Gasteiger charge is -2.03. The van der Waals surface area contributed by atoms with Gasteiger partial charge in [0.15, 0.2) is 10.8 Å². The number of aromatic nitrogens is 2. The largest absolute Gasteiger partial charge is 0.292 e. The van der Waals surface area contributed by atoms with Crippen molar-refractivity contribution < 1.29 is 9.72 Å². The van der Waals surface area contributed by atoms with Crippen LogP contribution in [0.15, 0.2) is 71.7 Å². The highest BCUT2D eigenvalue weighted by molar-refractivity contribution is 7.11. The van der Waals surface area contributed by atoms with Crippen molar-refractivity contribution in [3.05, 3.63) is 86.7 Å². The van der Waals surface area contributed by atoms with Crippen LogP contribution in [0.5, 0.6) is 0 Å². The first kappa shape index (κ1) is 17.7. The molecule has 3 aromatic carbocycles. The second-order valence-corrected chi connectivity index (χ2v) is 7.00. The number of non-ortho nitro benzene ring substituents is 1. The van der Waals surface area contributed by atoms with Gasteiger partial charge in [-0.2, -0.15) is 5.10 Å². The summed E-state index contributed by atoms with van der Waals surface area (Å²) in [6.45, 7) is 1.45. The molecule has 0 spiro atoms. The van der Waals surface area contributed by atoms with Crippen LogP contribution < -0.4 is 4.80 Å². The first-order valence-electron chi connectivity index (χ1n) is 8.41. The van der Waals surface area contributed by atoms with E-state index in [0.717, 1.165) is 16.5 Å². The standard InChI is InChI=1S/C20H14N4O3S/c1-13(25)19-22-23(15-9-11-16(12-10-15)24(26)27)20(28-19)21-18-8-4-6-14-5-2-3-7-17(14)18/h2-12H,1H3. The van der Waals surface area contributed by atoms with Gasteiger partial charge in [-0.25, -0.2) is 9.67 Å². The molecule has 0 atom stereocenters. The molecular weight excluding hydrogens is 376 g/mol. The summed E-state index contributed by atoms with van der Waals surface area (Å²) in [4.78, 5) is 27.5. The van der Waals surface area contributed by atoms with Crippen molar-refractivity contribution >= 4 is 39.3 Å². The van der Waals surface area contributed by atoms with Crippen molar-refractivity contribution in [2.75, 3.05) is 0 Å². The fraction of sp³-hybridized carbons (Fsp3) is 0.0500. The van der Waals surface area contributed by atoms with Gasteiger partial charge in [0, 0.05) is 24.4 Å². The molecule has 0 aliphatic carbocycles. The molecule has 0 saturated carbocycles. The molecule has 0 amide bonds. The first-order valence-corrected chi connectivity index (χ1v) is 9.23. The van der Waals surface area contributed by atoms with Crippen LogP contribution in [-0.2, 0) is 0 Å². The number of nitrogens with zero attached hydrogens (tertiary/aromatic N) is 4. The zero-order chi connectivity index (χ0) is 19.7. The van der Waals surface area contributed by atoms with Crippen LogP contribution in [-0.4, -0.2) is 20.5 Å². The molecule has 4 aromatic rings. The van der Waals surface area contributed by atoms with Gasteiger partial charge in [-0.15, -0.1) is 0 Å². The molecule has 7 nitrogen and oxygen atoms in total. The van der Waals surface area contributed by atoms with Crippen molar-refractivity contribution in [2.45, 2.75) is 6.92 Å². The summed E-state index contributed by atoms with van der Waals surface area (Å²) < 4.78 is 1.53. The number of Topliss-reactive ketones (excluding diaryl/α,β-unsaturated/α-hetero) is 1. The Morgan fingerprint density at radius 1 is 1.07 bits per heavy atom. The maximum atomic E-state index is 11.9. The zero-order valence-electron chi connectivity index (χ0n) is 14.8. The topological polar surface area (TPSA) is 90.4 Å². The van der Waals surface area contributed by atoms with E-state index in [0.29, 0.717) is 15.5 Å². The van der Waals surface area contributed by atoms with Gasteiger partial charge in [-0.3, -0.25) is 14.9 Å². The van der Waals surface area contributed by atoms with Gasteiger partial charge in [0.25, 0.3) is 5.69 Å². The van der Waals surface area contributed by atoms with E-state index in [4.69, 9.17) is 4.99 Å². The second kappa shape index (κ2) is 7.16. The Morgan fingerprint density at radius 3 is 2.50 bits per heavy atom. The van der Waals surface area contributed by atoms with Crippen LogP contribution in [0.3, 0.4) is 0 Å². The summed E-state index contributed by atoms with van der Waals surface area (Å²) >= 11 is 1.18. The molecule has 0 aliphatic rings. The van der Waals surface area contributed by atoms with E-state index in [1.54, 1.807) is 12.1 Å². The number of benzene rings is 3. The van der Waals surface area contributed by atoms with E-state index >= 15 is 0 Å². The molecule has 4 rings (SSSR count). The Kier molecular flexibility index (Phi) is 4.54. The smallest absolute Gasteiger partial charge is 0.269 e. The van der Waals surface area contributed by atoms with Gasteiger partial charge in [-0.05, 0) is 23.6 Å². The Hall–Kier alpha value is -3.65. The monoisotopic (exact) mass is 390 g/mol. The SMILES string of the molecule is CC(=O)c1nn(-c2ccc([N+](=O)[O-])cc2)c(=Nc2cccc3ccccc23)s1. The summed E-state index contributed by atoms with van der Waals surface area (Å²) in [5.41, 5.74) is 1.33. The highest BCUT2D eigenvalue weighted by atomic mass is 32.1. The molecule has 8 heteroatoms. The van der Waals surface area contributed by atoms with E-state index < -0.39 is 4.92 Å². The highest BCUT2D eigenvalue weighted by Crippen LogP contribution is 2.25. The van der Waals surface area contributed by atoms with Gasteiger partial charge >= 0.3 is 0 Å². The lowest BCUT2D eigenvalue weighted by atomic mass is 10.1. The third-order valence-electron chi connectivity index (χ3n) is 4.15. The predicted octanol–water partition coefficient (Wildman–Crippen LogP) is 4.43. The van der Waals surface area contributed by atoms with Crippen LogP contribution in [0.4, 0.5) is 11.4 Å². The molecule has 1 heterocycles. The quantitative estimate of drug-likeness (QED) is 0.293. The fourth-order valence-corrected chi connectivity index (χ4v) is 3.60. The van der Waals surface area contributed by atoms with Crippen molar-refractivity contribution in [2.24, 2.45) is 4.99 Å². The number of rotatable bonds is 4. The summed E-state index contributed by atoms with van der Waals surface area (Å²) in [6.07, 6.45) is 0. The molecule has 0 aliphatic heterocycles. The van der Waals surface area contributed by atoms with Crippen LogP contribution in [0.25, 0.3) is 16.5 Å². The van der Waals surface area contributed by atoms with Crippen LogP contribution >= 0.6 is 11.3 Å². The molecule has 138 valence electrons. The lowest BCUT2D eigenvalue weighted by Crippen LogP contribution is -2.14. The lowest BCUT2D eigenvalue weighted by molar-refractivity contribution is -0.384. The van der Waals surface area contributed by atoms with E-state index in [9.17, 15) is 14.9 Å². The average Bonchev–Trinajstić information content (AvgIpc) is 3.12. The molecule has 0 bridgehead atoms. The van der Waals surface area contributed by atoms with Crippen LogP contribution in [0, 0.1) is 10.1 Å². The van der Waals surface area contributed by atoms with Gasteiger partial charge in [0.2, 0.25) is 4.80 Å². The van der Waals surface area contributed by atoms with Crippen LogP contribution in [0.2, 0.25) is 0 Å². The molecule has 0 saturated heterocycles. The highest BCUT2D eigenvalue weighted by Gasteiger charge is 2.13. The fourth-order valence-electron chi connectivity index (χ4n) is 2.79.